The van der Waals surface area contributed by atoms with Gasteiger partial charge in [0, 0.05) is 24.3 Å². The number of hydrogen-bond acceptors (Lipinski definition) is 3. The molecule has 19 heavy (non-hydrogen) atoms. The highest BCUT2D eigenvalue weighted by Gasteiger charge is 2.26. The van der Waals surface area contributed by atoms with Gasteiger partial charge in [-0.2, -0.15) is 0 Å². The Morgan fingerprint density at radius 1 is 1.53 bits per heavy atom. The van der Waals surface area contributed by atoms with E-state index in [4.69, 9.17) is 5.73 Å². The van der Waals surface area contributed by atoms with Crippen LogP contribution in [0.4, 0.5) is 5.69 Å². The molecule has 0 bridgehead atoms. The maximum Gasteiger partial charge on any atom is 0.239 e. The Labute approximate surface area is 114 Å². The molecule has 4 heteroatoms. The average molecular weight is 259 g/mol. The summed E-state index contributed by atoms with van der Waals surface area (Å²) in [5.74, 6) is 0.145. The van der Waals surface area contributed by atoms with Crippen LogP contribution in [0, 0.1) is 0 Å². The number of nitrogens with two attached hydrogens (primary N) is 1. The molecule has 2 aliphatic rings. The fourth-order valence-corrected chi connectivity index (χ4v) is 2.61. The molecule has 1 saturated carbocycles. The summed E-state index contributed by atoms with van der Waals surface area (Å²) in [6.45, 7) is 3.40. The van der Waals surface area contributed by atoms with Crippen molar-refractivity contribution in [1.82, 2.24) is 5.32 Å². The number of anilines is 1. The lowest BCUT2D eigenvalue weighted by atomic mass is 10.0. The Morgan fingerprint density at radius 3 is 3.00 bits per heavy atom. The molecule has 1 amide bonds. The smallest absolute Gasteiger partial charge is 0.239 e. The number of carbonyl (C=O) groups excluding carboxylic acids is 1. The molecular weight excluding hydrogens is 238 g/mol. The molecule has 1 heterocycles. The maximum atomic E-state index is 11.9. The third-order valence-corrected chi connectivity index (χ3v) is 3.90. The number of carbonyl (C=O) groups is 1. The number of benzene rings is 1. The number of amides is 1. The van der Waals surface area contributed by atoms with Crippen LogP contribution in [0.15, 0.2) is 18.2 Å². The van der Waals surface area contributed by atoms with E-state index in [2.05, 4.69) is 28.4 Å². The molecule has 0 aromatic heterocycles. The number of rotatable bonds is 4. The van der Waals surface area contributed by atoms with Crippen molar-refractivity contribution in [2.75, 3.05) is 18.0 Å². The van der Waals surface area contributed by atoms with Crippen molar-refractivity contribution >= 4 is 11.6 Å². The quantitative estimate of drug-likeness (QED) is 0.858. The summed E-state index contributed by atoms with van der Waals surface area (Å²) in [4.78, 5) is 14.0. The molecule has 3 rings (SSSR count). The second-order valence-corrected chi connectivity index (χ2v) is 5.69. The lowest BCUT2D eigenvalue weighted by molar-refractivity contribution is -0.119. The molecule has 102 valence electrons. The van der Waals surface area contributed by atoms with E-state index < -0.39 is 0 Å². The van der Waals surface area contributed by atoms with Crippen LogP contribution in [-0.4, -0.2) is 25.0 Å². The van der Waals surface area contributed by atoms with E-state index in [1.165, 1.54) is 16.8 Å². The summed E-state index contributed by atoms with van der Waals surface area (Å²) in [5, 5.41) is 3.04. The van der Waals surface area contributed by atoms with Crippen LogP contribution >= 0.6 is 0 Å². The third-order valence-electron chi connectivity index (χ3n) is 3.90. The fraction of sp³-hybridized carbons (Fsp3) is 0.533. The van der Waals surface area contributed by atoms with E-state index in [1.807, 2.05) is 6.92 Å². The van der Waals surface area contributed by atoms with Crippen LogP contribution in [-0.2, 0) is 11.2 Å². The van der Waals surface area contributed by atoms with Gasteiger partial charge in [-0.3, -0.25) is 4.79 Å². The van der Waals surface area contributed by atoms with Gasteiger partial charge >= 0.3 is 0 Å². The minimum atomic E-state index is 0.0671. The van der Waals surface area contributed by atoms with Crippen molar-refractivity contribution in [2.24, 2.45) is 5.73 Å². The first-order chi connectivity index (χ1) is 9.13. The SMILES string of the molecule is CC(N)c1ccc2c(c1)CCN2CC(=O)NC1CC1. The molecule has 1 fully saturated rings. The molecule has 1 aromatic rings. The molecule has 1 unspecified atom stereocenters. The van der Waals surface area contributed by atoms with Crippen LogP contribution in [0.2, 0.25) is 0 Å². The molecule has 1 aliphatic carbocycles. The highest BCUT2D eigenvalue weighted by atomic mass is 16.2. The number of fused-ring (bicyclic) bond motifs is 1. The van der Waals surface area contributed by atoms with Crippen molar-refractivity contribution in [2.45, 2.75) is 38.3 Å². The van der Waals surface area contributed by atoms with Crippen LogP contribution < -0.4 is 16.0 Å². The first kappa shape index (κ1) is 12.5. The molecule has 1 aromatic carbocycles. The molecule has 1 aliphatic heterocycles. The Hall–Kier alpha value is -1.55. The summed E-state index contributed by atoms with van der Waals surface area (Å²) in [6, 6.07) is 6.86. The van der Waals surface area contributed by atoms with Gasteiger partial charge in [0.2, 0.25) is 5.91 Å². The van der Waals surface area contributed by atoms with Gasteiger partial charge in [-0.25, -0.2) is 0 Å². The van der Waals surface area contributed by atoms with Crippen LogP contribution in [0.25, 0.3) is 0 Å². The monoisotopic (exact) mass is 259 g/mol. The van der Waals surface area contributed by atoms with E-state index in [1.54, 1.807) is 0 Å². The zero-order valence-corrected chi connectivity index (χ0v) is 11.4. The first-order valence-electron chi connectivity index (χ1n) is 7.06. The second kappa shape index (κ2) is 4.85. The van der Waals surface area contributed by atoms with Gasteiger partial charge in [-0.05, 0) is 43.4 Å². The lowest BCUT2D eigenvalue weighted by Crippen LogP contribution is -2.37. The number of nitrogens with zero attached hydrogens (tertiary/aromatic N) is 1. The van der Waals surface area contributed by atoms with E-state index in [-0.39, 0.29) is 11.9 Å². The summed E-state index contributed by atoms with van der Waals surface area (Å²) in [6.07, 6.45) is 3.28. The Balaban J connectivity index is 1.69. The van der Waals surface area contributed by atoms with Crippen LogP contribution in [0.5, 0.6) is 0 Å². The lowest BCUT2D eigenvalue weighted by Gasteiger charge is -2.19. The minimum Gasteiger partial charge on any atom is -0.362 e. The third kappa shape index (κ3) is 2.73. The van der Waals surface area contributed by atoms with Gasteiger partial charge in [0.15, 0.2) is 0 Å². The molecule has 0 saturated heterocycles. The Morgan fingerprint density at radius 2 is 2.32 bits per heavy atom. The second-order valence-electron chi connectivity index (χ2n) is 5.69. The van der Waals surface area contributed by atoms with Gasteiger partial charge in [0.25, 0.3) is 0 Å². The zero-order valence-electron chi connectivity index (χ0n) is 11.4. The molecule has 0 radical (unpaired) electrons. The standard InChI is InChI=1S/C15H21N3O/c1-10(16)11-2-5-14-12(8-11)6-7-18(14)9-15(19)17-13-3-4-13/h2,5,8,10,13H,3-4,6-7,9,16H2,1H3,(H,17,19). The molecule has 3 N–H and O–H groups in total. The molecule has 0 spiro atoms. The van der Waals surface area contributed by atoms with E-state index in [9.17, 15) is 4.79 Å². The van der Waals surface area contributed by atoms with Crippen molar-refractivity contribution in [3.05, 3.63) is 29.3 Å². The zero-order chi connectivity index (χ0) is 13.4. The Bertz CT molecular complexity index is 494. The predicted octanol–water partition coefficient (Wildman–Crippen LogP) is 1.35. The summed E-state index contributed by atoms with van der Waals surface area (Å²) < 4.78 is 0. The van der Waals surface area contributed by atoms with Crippen LogP contribution in [0.1, 0.15) is 36.9 Å². The predicted molar refractivity (Wildman–Crippen MR) is 76.1 cm³/mol. The summed E-state index contributed by atoms with van der Waals surface area (Å²) in [7, 11) is 0. The highest BCUT2D eigenvalue weighted by Crippen LogP contribution is 2.30. The number of hydrogen-bond donors (Lipinski definition) is 2. The van der Waals surface area contributed by atoms with Crippen LogP contribution in [0.3, 0.4) is 0 Å². The van der Waals surface area contributed by atoms with Gasteiger partial charge in [0.05, 0.1) is 6.54 Å². The minimum absolute atomic E-state index is 0.0671. The fourth-order valence-electron chi connectivity index (χ4n) is 2.61. The molecule has 1 atom stereocenters. The van der Waals surface area contributed by atoms with Gasteiger partial charge in [-0.1, -0.05) is 12.1 Å². The first-order valence-corrected chi connectivity index (χ1v) is 7.06. The van der Waals surface area contributed by atoms with E-state index in [0.717, 1.165) is 25.8 Å². The van der Waals surface area contributed by atoms with Gasteiger partial charge in [-0.15, -0.1) is 0 Å². The average Bonchev–Trinajstić information content (AvgIpc) is 3.09. The van der Waals surface area contributed by atoms with Crippen molar-refractivity contribution in [1.29, 1.82) is 0 Å². The van der Waals surface area contributed by atoms with Crippen molar-refractivity contribution < 1.29 is 4.79 Å². The molecule has 4 nitrogen and oxygen atoms in total. The Kier molecular flexibility index (Phi) is 3.19. The van der Waals surface area contributed by atoms with Gasteiger partial charge < -0.3 is 16.0 Å². The molecular formula is C15H21N3O. The van der Waals surface area contributed by atoms with E-state index in [0.29, 0.717) is 12.6 Å². The van der Waals surface area contributed by atoms with Gasteiger partial charge in [0.1, 0.15) is 0 Å². The highest BCUT2D eigenvalue weighted by molar-refractivity contribution is 5.82. The summed E-state index contributed by atoms with van der Waals surface area (Å²) in [5.41, 5.74) is 9.58. The van der Waals surface area contributed by atoms with Crippen molar-refractivity contribution in [3.63, 3.8) is 0 Å². The topological polar surface area (TPSA) is 58.4 Å². The van der Waals surface area contributed by atoms with E-state index >= 15 is 0 Å². The maximum absolute atomic E-state index is 11.9. The number of nitrogens with one attached hydrogen (secondary N) is 1. The normalized spacial score (nSPS) is 19.2. The largest absolute Gasteiger partial charge is 0.362 e. The van der Waals surface area contributed by atoms with Crippen molar-refractivity contribution in [3.8, 4) is 0 Å². The summed E-state index contributed by atoms with van der Waals surface area (Å²) >= 11 is 0.